The van der Waals surface area contributed by atoms with Crippen molar-refractivity contribution in [3.05, 3.63) is 0 Å². The fourth-order valence-corrected chi connectivity index (χ4v) is 0.863. The molecule has 3 nitrogen and oxygen atoms in total. The summed E-state index contributed by atoms with van der Waals surface area (Å²) in [5.41, 5.74) is 5.49. The maximum atomic E-state index is 10.8. The molecule has 2 unspecified atom stereocenters. The summed E-state index contributed by atoms with van der Waals surface area (Å²) in [5, 5.41) is 0. The third kappa shape index (κ3) is 1.28. The fourth-order valence-electron chi connectivity index (χ4n) is 0.863. The Bertz CT molecular complexity index is 124. The van der Waals surface area contributed by atoms with Gasteiger partial charge in [0, 0.05) is 5.92 Å². The van der Waals surface area contributed by atoms with E-state index in [9.17, 15) is 4.79 Å². The van der Waals surface area contributed by atoms with Gasteiger partial charge in [0.15, 0.2) is 5.78 Å². The van der Waals surface area contributed by atoms with E-state index in [1.165, 1.54) is 0 Å². The Morgan fingerprint density at radius 1 is 1.78 bits per heavy atom. The highest BCUT2D eigenvalue weighted by Crippen LogP contribution is 2.07. The molecule has 0 radical (unpaired) electrons. The molecule has 1 heterocycles. The van der Waals surface area contributed by atoms with Crippen molar-refractivity contribution in [2.45, 2.75) is 13.0 Å². The minimum absolute atomic E-state index is 0.0220. The number of nitrogens with two attached hydrogens (primary N) is 1. The largest absolute Gasteiger partial charge is 0.373 e. The van der Waals surface area contributed by atoms with Crippen molar-refractivity contribution in [2.24, 2.45) is 11.7 Å². The molecule has 0 aromatic rings. The molecule has 0 amide bonds. The lowest BCUT2D eigenvalue weighted by molar-refractivity contribution is -0.131. The van der Waals surface area contributed by atoms with Crippen LogP contribution in [0.2, 0.25) is 0 Å². The van der Waals surface area contributed by atoms with Gasteiger partial charge in [0.05, 0.1) is 12.6 Å². The van der Waals surface area contributed by atoms with Crippen LogP contribution in [0.5, 0.6) is 0 Å². The van der Waals surface area contributed by atoms with Crippen molar-refractivity contribution in [3.63, 3.8) is 0 Å². The van der Waals surface area contributed by atoms with Gasteiger partial charge < -0.3 is 10.5 Å². The van der Waals surface area contributed by atoms with Crippen LogP contribution in [0.1, 0.15) is 6.92 Å². The maximum absolute atomic E-state index is 10.8. The predicted molar refractivity (Wildman–Crippen MR) is 33.0 cm³/mol. The van der Waals surface area contributed by atoms with Crippen LogP contribution in [-0.2, 0) is 9.53 Å². The number of rotatable bonds is 0. The fraction of sp³-hybridized carbons (Fsp3) is 0.833. The van der Waals surface area contributed by atoms with E-state index in [1.807, 2.05) is 6.92 Å². The second-order valence-electron chi connectivity index (χ2n) is 2.48. The summed E-state index contributed by atoms with van der Waals surface area (Å²) in [6.45, 7) is 2.74. The molecular formula is C6H11NO2. The average molecular weight is 129 g/mol. The Balaban J connectivity index is 2.51. The van der Waals surface area contributed by atoms with Crippen LogP contribution >= 0.6 is 0 Å². The molecule has 3 heteroatoms. The number of ketones is 1. The number of hydrogen-bond acceptors (Lipinski definition) is 3. The Hall–Kier alpha value is -0.410. The Labute approximate surface area is 54.2 Å². The minimum Gasteiger partial charge on any atom is -0.373 e. The predicted octanol–water partition coefficient (Wildman–Crippen LogP) is -0.451. The van der Waals surface area contributed by atoms with Gasteiger partial charge in [-0.1, -0.05) is 6.92 Å². The highest BCUT2D eigenvalue weighted by atomic mass is 16.5. The molecule has 2 N–H and O–H groups in total. The molecule has 0 aliphatic carbocycles. The van der Waals surface area contributed by atoms with E-state index in [0.29, 0.717) is 6.61 Å². The van der Waals surface area contributed by atoms with Crippen molar-refractivity contribution in [1.82, 2.24) is 0 Å². The van der Waals surface area contributed by atoms with E-state index in [0.717, 1.165) is 0 Å². The highest BCUT2D eigenvalue weighted by molar-refractivity contribution is 5.85. The number of ether oxygens (including phenoxy) is 1. The van der Waals surface area contributed by atoms with Gasteiger partial charge in [-0.2, -0.15) is 0 Å². The first-order valence-electron chi connectivity index (χ1n) is 3.08. The Morgan fingerprint density at radius 2 is 2.44 bits per heavy atom. The molecule has 1 fully saturated rings. The molecule has 1 aliphatic rings. The smallest absolute Gasteiger partial charge is 0.175 e. The highest BCUT2D eigenvalue weighted by Gasteiger charge is 2.25. The molecule has 2 atom stereocenters. The first kappa shape index (κ1) is 6.71. The zero-order chi connectivity index (χ0) is 6.85. The van der Waals surface area contributed by atoms with Crippen LogP contribution in [0, 0.1) is 5.92 Å². The Kier molecular flexibility index (Phi) is 1.83. The van der Waals surface area contributed by atoms with Gasteiger partial charge in [0.2, 0.25) is 0 Å². The first-order valence-corrected chi connectivity index (χ1v) is 3.08. The van der Waals surface area contributed by atoms with Crippen LogP contribution in [0.3, 0.4) is 0 Å². The average Bonchev–Trinajstić information content (AvgIpc) is 1.83. The van der Waals surface area contributed by atoms with E-state index in [4.69, 9.17) is 10.5 Å². The molecule has 9 heavy (non-hydrogen) atoms. The number of Topliss-reactive ketones (excluding diaryl/α,β-unsaturated/α-hetero) is 1. The summed E-state index contributed by atoms with van der Waals surface area (Å²) < 4.78 is 4.93. The van der Waals surface area contributed by atoms with Crippen molar-refractivity contribution in [2.75, 3.05) is 13.2 Å². The van der Waals surface area contributed by atoms with E-state index >= 15 is 0 Å². The van der Waals surface area contributed by atoms with E-state index < -0.39 is 0 Å². The van der Waals surface area contributed by atoms with Gasteiger partial charge in [-0.3, -0.25) is 4.79 Å². The van der Waals surface area contributed by atoms with Crippen LogP contribution in [0.4, 0.5) is 0 Å². The van der Waals surface area contributed by atoms with Crippen molar-refractivity contribution in [3.8, 4) is 0 Å². The first-order chi connectivity index (χ1) is 4.22. The second kappa shape index (κ2) is 2.45. The monoisotopic (exact) mass is 129 g/mol. The Morgan fingerprint density at radius 3 is 2.89 bits per heavy atom. The normalized spacial score (nSPS) is 36.9. The second-order valence-corrected chi connectivity index (χ2v) is 2.48. The molecule has 0 saturated carbocycles. The summed E-state index contributed by atoms with van der Waals surface area (Å²) in [5.74, 6) is 0.208. The summed E-state index contributed by atoms with van der Waals surface area (Å²) >= 11 is 0. The number of carbonyl (C=O) groups excluding carboxylic acids is 1. The van der Waals surface area contributed by atoms with Gasteiger partial charge in [0.1, 0.15) is 6.61 Å². The molecule has 52 valence electrons. The van der Waals surface area contributed by atoms with Gasteiger partial charge in [0.25, 0.3) is 0 Å². The van der Waals surface area contributed by atoms with E-state index in [2.05, 4.69) is 0 Å². The molecule has 1 rings (SSSR count). The van der Waals surface area contributed by atoms with Crippen LogP contribution in [-0.4, -0.2) is 25.0 Å². The molecule has 0 spiro atoms. The van der Waals surface area contributed by atoms with Gasteiger partial charge in [-0.15, -0.1) is 0 Å². The van der Waals surface area contributed by atoms with Gasteiger partial charge in [-0.05, 0) is 0 Å². The molecule has 1 saturated heterocycles. The lowest BCUT2D eigenvalue weighted by Crippen LogP contribution is -2.45. The minimum atomic E-state index is -0.293. The lowest BCUT2D eigenvalue weighted by atomic mass is 9.98. The summed E-state index contributed by atoms with van der Waals surface area (Å²) in [7, 11) is 0. The lowest BCUT2D eigenvalue weighted by Gasteiger charge is -2.23. The molecular weight excluding hydrogens is 118 g/mol. The van der Waals surface area contributed by atoms with Crippen LogP contribution < -0.4 is 5.73 Å². The van der Waals surface area contributed by atoms with Gasteiger partial charge >= 0.3 is 0 Å². The SMILES string of the molecule is CC1COCC(=O)C1N. The molecule has 0 bridgehead atoms. The molecule has 0 aromatic carbocycles. The zero-order valence-corrected chi connectivity index (χ0v) is 5.46. The molecule has 0 aromatic heterocycles. The van der Waals surface area contributed by atoms with Crippen LogP contribution in [0.15, 0.2) is 0 Å². The summed E-state index contributed by atoms with van der Waals surface area (Å²) in [6, 6.07) is -0.293. The third-order valence-electron chi connectivity index (χ3n) is 1.61. The van der Waals surface area contributed by atoms with Crippen molar-refractivity contribution in [1.29, 1.82) is 0 Å². The van der Waals surface area contributed by atoms with E-state index in [1.54, 1.807) is 0 Å². The van der Waals surface area contributed by atoms with Crippen LogP contribution in [0.25, 0.3) is 0 Å². The standard InChI is InChI=1S/C6H11NO2/c1-4-2-9-3-5(8)6(4)7/h4,6H,2-3,7H2,1H3. The quantitative estimate of drug-likeness (QED) is 0.482. The summed E-state index contributed by atoms with van der Waals surface area (Å²) in [4.78, 5) is 10.8. The topological polar surface area (TPSA) is 52.3 Å². The number of hydrogen-bond donors (Lipinski definition) is 1. The molecule has 1 aliphatic heterocycles. The summed E-state index contributed by atoms with van der Waals surface area (Å²) in [6.07, 6.45) is 0. The van der Waals surface area contributed by atoms with Gasteiger partial charge in [-0.25, -0.2) is 0 Å². The third-order valence-corrected chi connectivity index (χ3v) is 1.61. The number of carbonyl (C=O) groups is 1. The zero-order valence-electron chi connectivity index (χ0n) is 5.46. The van der Waals surface area contributed by atoms with Crippen molar-refractivity contribution >= 4 is 5.78 Å². The van der Waals surface area contributed by atoms with E-state index in [-0.39, 0.29) is 24.3 Å². The maximum Gasteiger partial charge on any atom is 0.175 e. The van der Waals surface area contributed by atoms with Crippen molar-refractivity contribution < 1.29 is 9.53 Å².